The molecule has 20 heavy (non-hydrogen) atoms. The van der Waals surface area contributed by atoms with E-state index in [1.54, 1.807) is 23.5 Å². The van der Waals surface area contributed by atoms with E-state index in [-0.39, 0.29) is 6.04 Å². The molecule has 0 saturated carbocycles. The van der Waals surface area contributed by atoms with Gasteiger partial charge in [-0.15, -0.1) is 11.3 Å². The summed E-state index contributed by atoms with van der Waals surface area (Å²) in [5.41, 5.74) is 0.819. The van der Waals surface area contributed by atoms with Crippen molar-refractivity contribution in [3.05, 3.63) is 48.8 Å². The molecule has 1 heterocycles. The first-order valence-electron chi connectivity index (χ1n) is 6.33. The van der Waals surface area contributed by atoms with Crippen molar-refractivity contribution < 1.29 is 0 Å². The third-order valence-electron chi connectivity index (χ3n) is 3.01. The highest BCUT2D eigenvalue weighted by atomic mass is 35.5. The molecule has 0 aliphatic rings. The number of benzene rings is 1. The van der Waals surface area contributed by atoms with Crippen LogP contribution in [0.5, 0.6) is 0 Å². The Balaban J connectivity index is 2.07. The zero-order valence-corrected chi connectivity index (χ0v) is 14.3. The lowest BCUT2D eigenvalue weighted by atomic mass is 10.2. The van der Waals surface area contributed by atoms with Crippen molar-refractivity contribution in [3.63, 3.8) is 0 Å². The van der Waals surface area contributed by atoms with Gasteiger partial charge in [0.15, 0.2) is 0 Å². The number of hydrogen-bond donors (Lipinski definition) is 1. The van der Waals surface area contributed by atoms with Crippen molar-refractivity contribution in [2.45, 2.75) is 32.9 Å². The van der Waals surface area contributed by atoms with Gasteiger partial charge < -0.3 is 5.32 Å². The molecular weight excluding hydrogens is 335 g/mol. The molecule has 1 atom stereocenters. The Morgan fingerprint density at radius 3 is 2.60 bits per heavy atom. The van der Waals surface area contributed by atoms with Crippen LogP contribution in [-0.2, 0) is 13.0 Å². The fourth-order valence-electron chi connectivity index (χ4n) is 1.76. The highest BCUT2D eigenvalue weighted by molar-refractivity contribution is 7.11. The van der Waals surface area contributed by atoms with Crippen molar-refractivity contribution in [2.24, 2.45) is 0 Å². The smallest absolute Gasteiger partial charge is 0.109 e. The van der Waals surface area contributed by atoms with Crippen molar-refractivity contribution in [1.82, 2.24) is 10.3 Å². The summed E-state index contributed by atoms with van der Waals surface area (Å²) >= 11 is 20.1. The minimum atomic E-state index is 0.145. The summed E-state index contributed by atoms with van der Waals surface area (Å²) in [6.07, 6.45) is 2.94. The van der Waals surface area contributed by atoms with E-state index in [1.807, 2.05) is 6.20 Å². The summed E-state index contributed by atoms with van der Waals surface area (Å²) in [4.78, 5) is 5.71. The van der Waals surface area contributed by atoms with Gasteiger partial charge in [-0.1, -0.05) is 41.7 Å². The zero-order valence-electron chi connectivity index (χ0n) is 11.2. The second-order valence-electron chi connectivity index (χ2n) is 4.44. The molecule has 1 unspecified atom stereocenters. The van der Waals surface area contributed by atoms with Crippen LogP contribution in [0.3, 0.4) is 0 Å². The number of hydrogen-bond acceptors (Lipinski definition) is 3. The van der Waals surface area contributed by atoms with E-state index in [9.17, 15) is 0 Å². The maximum atomic E-state index is 6.19. The van der Waals surface area contributed by atoms with E-state index in [1.165, 1.54) is 4.88 Å². The molecule has 1 aromatic heterocycles. The monoisotopic (exact) mass is 348 g/mol. The Hall–Kier alpha value is -0.320. The summed E-state index contributed by atoms with van der Waals surface area (Å²) < 4.78 is 0. The summed E-state index contributed by atoms with van der Waals surface area (Å²) in [6, 6.07) is 3.61. The van der Waals surface area contributed by atoms with Crippen molar-refractivity contribution >= 4 is 46.1 Å². The Labute approximate surface area is 138 Å². The molecule has 2 nitrogen and oxygen atoms in total. The van der Waals surface area contributed by atoms with Crippen LogP contribution in [0.2, 0.25) is 15.1 Å². The molecule has 0 aliphatic carbocycles. The van der Waals surface area contributed by atoms with Crippen molar-refractivity contribution in [1.29, 1.82) is 0 Å². The molecule has 108 valence electrons. The van der Waals surface area contributed by atoms with Gasteiger partial charge in [0, 0.05) is 28.2 Å². The Kier molecular flexibility index (Phi) is 5.70. The first kappa shape index (κ1) is 16.1. The van der Waals surface area contributed by atoms with Gasteiger partial charge in [0.1, 0.15) is 5.01 Å². The molecule has 1 aromatic carbocycles. The van der Waals surface area contributed by atoms with E-state index >= 15 is 0 Å². The van der Waals surface area contributed by atoms with Crippen LogP contribution in [0.15, 0.2) is 18.3 Å². The second-order valence-corrected chi connectivity index (χ2v) is 6.78. The molecule has 0 fully saturated rings. The van der Waals surface area contributed by atoms with Gasteiger partial charge in [0.25, 0.3) is 0 Å². The number of nitrogens with zero attached hydrogens (tertiary/aromatic N) is 1. The third-order valence-corrected chi connectivity index (χ3v) is 5.54. The van der Waals surface area contributed by atoms with E-state index in [2.05, 4.69) is 24.1 Å². The lowest BCUT2D eigenvalue weighted by molar-refractivity contribution is 0.572. The van der Waals surface area contributed by atoms with E-state index in [0.717, 1.165) is 17.0 Å². The average molecular weight is 350 g/mol. The molecule has 0 amide bonds. The van der Waals surface area contributed by atoms with Gasteiger partial charge in [0.2, 0.25) is 0 Å². The minimum Gasteiger partial charge on any atom is -0.304 e. The van der Waals surface area contributed by atoms with Crippen LogP contribution in [0.4, 0.5) is 0 Å². The Morgan fingerprint density at radius 2 is 1.95 bits per heavy atom. The van der Waals surface area contributed by atoms with Gasteiger partial charge in [-0.05, 0) is 25.5 Å². The molecule has 1 N–H and O–H groups in total. The lowest BCUT2D eigenvalue weighted by Crippen LogP contribution is -2.18. The highest BCUT2D eigenvalue weighted by Crippen LogP contribution is 2.32. The second kappa shape index (κ2) is 7.10. The maximum absolute atomic E-state index is 6.19. The number of halogens is 3. The fraction of sp³-hybridized carbons (Fsp3) is 0.357. The maximum Gasteiger partial charge on any atom is 0.109 e. The number of aryl methyl sites for hydroxylation is 1. The van der Waals surface area contributed by atoms with Crippen LogP contribution in [0, 0.1) is 0 Å². The lowest BCUT2D eigenvalue weighted by Gasteiger charge is -2.14. The standard InChI is InChI=1S/C14H15Cl3N2S/c1-3-9-6-19-14(20-9)8(2)18-7-10-11(15)4-5-12(16)13(10)17/h4-6,8,18H,3,7H2,1-2H3. The first-order valence-corrected chi connectivity index (χ1v) is 8.28. The molecule has 0 aliphatic heterocycles. The number of thiazole rings is 1. The summed E-state index contributed by atoms with van der Waals surface area (Å²) in [6.45, 7) is 4.76. The van der Waals surface area contributed by atoms with Gasteiger partial charge >= 0.3 is 0 Å². The number of nitrogens with one attached hydrogen (secondary N) is 1. The summed E-state index contributed by atoms with van der Waals surface area (Å²) in [5, 5.41) is 6.09. The molecular formula is C14H15Cl3N2S. The molecule has 0 saturated heterocycles. The summed E-state index contributed by atoms with van der Waals surface area (Å²) in [7, 11) is 0. The topological polar surface area (TPSA) is 24.9 Å². The van der Waals surface area contributed by atoms with Crippen LogP contribution in [0.1, 0.15) is 35.3 Å². The van der Waals surface area contributed by atoms with Crippen molar-refractivity contribution in [2.75, 3.05) is 0 Å². The quantitative estimate of drug-likeness (QED) is 0.719. The molecule has 2 rings (SSSR count). The number of rotatable bonds is 5. The largest absolute Gasteiger partial charge is 0.304 e. The minimum absolute atomic E-state index is 0.145. The van der Waals surface area contributed by atoms with Gasteiger partial charge in [0.05, 0.1) is 16.1 Å². The Bertz CT molecular complexity index is 598. The van der Waals surface area contributed by atoms with Crippen LogP contribution >= 0.6 is 46.1 Å². The van der Waals surface area contributed by atoms with Crippen LogP contribution < -0.4 is 5.32 Å². The Morgan fingerprint density at radius 1 is 1.25 bits per heavy atom. The predicted octanol–water partition coefficient (Wildman–Crippen LogP) is 5.52. The molecule has 2 aromatic rings. The predicted molar refractivity (Wildman–Crippen MR) is 88.2 cm³/mol. The summed E-state index contributed by atoms with van der Waals surface area (Å²) in [5.74, 6) is 0. The van der Waals surface area contributed by atoms with Crippen LogP contribution in [-0.4, -0.2) is 4.98 Å². The van der Waals surface area contributed by atoms with Crippen molar-refractivity contribution in [3.8, 4) is 0 Å². The SMILES string of the molecule is CCc1cnc(C(C)NCc2c(Cl)ccc(Cl)c2Cl)s1. The first-order chi connectivity index (χ1) is 9.52. The highest BCUT2D eigenvalue weighted by Gasteiger charge is 2.13. The fourth-order valence-corrected chi connectivity index (χ4v) is 3.33. The van der Waals surface area contributed by atoms with E-state index in [0.29, 0.717) is 21.6 Å². The van der Waals surface area contributed by atoms with Crippen LogP contribution in [0.25, 0.3) is 0 Å². The average Bonchev–Trinajstić information content (AvgIpc) is 2.92. The molecule has 6 heteroatoms. The molecule has 0 bridgehead atoms. The van der Waals surface area contributed by atoms with E-state index < -0.39 is 0 Å². The van der Waals surface area contributed by atoms with Gasteiger partial charge in [-0.3, -0.25) is 0 Å². The number of aromatic nitrogens is 1. The normalized spacial score (nSPS) is 12.7. The zero-order chi connectivity index (χ0) is 14.7. The van der Waals surface area contributed by atoms with E-state index in [4.69, 9.17) is 34.8 Å². The van der Waals surface area contributed by atoms with Gasteiger partial charge in [-0.25, -0.2) is 4.98 Å². The van der Waals surface area contributed by atoms with Gasteiger partial charge in [-0.2, -0.15) is 0 Å². The molecule has 0 radical (unpaired) electrons. The molecule has 0 spiro atoms. The third kappa shape index (κ3) is 3.66.